The van der Waals surface area contributed by atoms with Crippen LogP contribution in [-0.2, 0) is 23.1 Å². The molecule has 0 spiro atoms. The summed E-state index contributed by atoms with van der Waals surface area (Å²) in [5, 5.41) is 25.0. The van der Waals surface area contributed by atoms with Crippen LogP contribution < -0.4 is 14.8 Å². The first-order chi connectivity index (χ1) is 16.2. The summed E-state index contributed by atoms with van der Waals surface area (Å²) >= 11 is 1.87. The standard InChI is InChI=1S/C24H31N3O5S2/c1-27(2)34(30,31)26-20-13-16(7-10-21(20)28)22(29)15-25-11-12-32-17-8-9-19-18-5-3-4-6-23(18)33-24(19)14-17/h7-10,13-14,22,25-26,28-29H,3-6,11-12,15H2,1-2H3. The molecule has 1 heterocycles. The molecular weight excluding hydrogens is 474 g/mol. The summed E-state index contributed by atoms with van der Waals surface area (Å²) in [5.41, 5.74) is 2.01. The monoisotopic (exact) mass is 505 g/mol. The van der Waals surface area contributed by atoms with Gasteiger partial charge in [0, 0.05) is 36.8 Å². The highest BCUT2D eigenvalue weighted by Gasteiger charge is 2.18. The largest absolute Gasteiger partial charge is 0.506 e. The molecule has 8 nitrogen and oxygen atoms in total. The van der Waals surface area contributed by atoms with Crippen LogP contribution in [0.2, 0.25) is 0 Å². The molecule has 0 saturated heterocycles. The van der Waals surface area contributed by atoms with Crippen molar-refractivity contribution in [3.8, 4) is 11.5 Å². The van der Waals surface area contributed by atoms with Gasteiger partial charge in [0.05, 0.1) is 11.8 Å². The maximum absolute atomic E-state index is 12.0. The van der Waals surface area contributed by atoms with Crippen molar-refractivity contribution in [2.24, 2.45) is 0 Å². The number of fused-ring (bicyclic) bond motifs is 3. The zero-order valence-corrected chi connectivity index (χ0v) is 21.0. The lowest BCUT2D eigenvalue weighted by atomic mass is 9.96. The molecule has 0 bridgehead atoms. The zero-order chi connectivity index (χ0) is 24.3. The van der Waals surface area contributed by atoms with Crippen LogP contribution in [0.15, 0.2) is 36.4 Å². The lowest BCUT2D eigenvalue weighted by Crippen LogP contribution is -2.29. The molecule has 10 heteroatoms. The number of benzene rings is 2. The minimum atomic E-state index is -3.77. The number of nitrogens with one attached hydrogen (secondary N) is 2. The first kappa shape index (κ1) is 24.7. The highest BCUT2D eigenvalue weighted by molar-refractivity contribution is 7.90. The summed E-state index contributed by atoms with van der Waals surface area (Å²) in [4.78, 5) is 1.51. The Hall–Kier alpha value is -2.37. The van der Waals surface area contributed by atoms with E-state index in [0.29, 0.717) is 18.7 Å². The number of thiophene rings is 1. The fraction of sp³-hybridized carbons (Fsp3) is 0.417. The Balaban J connectivity index is 1.27. The number of nitrogens with zero attached hydrogens (tertiary/aromatic N) is 1. The summed E-state index contributed by atoms with van der Waals surface area (Å²) in [7, 11) is -1.00. The van der Waals surface area contributed by atoms with E-state index >= 15 is 0 Å². The van der Waals surface area contributed by atoms with Crippen LogP contribution in [-0.4, -0.2) is 56.7 Å². The second-order valence-electron chi connectivity index (χ2n) is 8.60. The van der Waals surface area contributed by atoms with E-state index in [1.165, 1.54) is 72.4 Å². The van der Waals surface area contributed by atoms with Crippen molar-refractivity contribution in [2.45, 2.75) is 31.8 Å². The number of aromatic hydroxyl groups is 1. The third-order valence-electron chi connectivity index (χ3n) is 5.94. The van der Waals surface area contributed by atoms with E-state index in [0.717, 1.165) is 10.1 Å². The smallest absolute Gasteiger partial charge is 0.301 e. The Bertz CT molecular complexity index is 1260. The Kier molecular flexibility index (Phi) is 7.63. The Labute approximate surface area is 204 Å². The average molecular weight is 506 g/mol. The van der Waals surface area contributed by atoms with Crippen LogP contribution in [0.1, 0.15) is 34.9 Å². The molecule has 0 radical (unpaired) electrons. The molecule has 1 unspecified atom stereocenters. The number of aliphatic hydroxyl groups excluding tert-OH is 1. The molecule has 1 aliphatic rings. The van der Waals surface area contributed by atoms with Crippen molar-refractivity contribution in [2.75, 3.05) is 38.5 Å². The predicted octanol–water partition coefficient (Wildman–Crippen LogP) is 3.41. The second-order valence-corrected chi connectivity index (χ2v) is 11.6. The van der Waals surface area contributed by atoms with Crippen LogP contribution in [0.25, 0.3) is 10.1 Å². The number of phenols is 1. The molecule has 1 aliphatic carbocycles. The quantitative estimate of drug-likeness (QED) is 0.248. The summed E-state index contributed by atoms with van der Waals surface area (Å²) < 4.78 is 34.5. The fourth-order valence-electron chi connectivity index (χ4n) is 4.00. The van der Waals surface area contributed by atoms with Crippen LogP contribution in [0.4, 0.5) is 5.69 Å². The van der Waals surface area contributed by atoms with Crippen molar-refractivity contribution in [1.82, 2.24) is 9.62 Å². The lowest BCUT2D eigenvalue weighted by Gasteiger charge is -2.17. The summed E-state index contributed by atoms with van der Waals surface area (Å²) in [6.07, 6.45) is 4.02. The van der Waals surface area contributed by atoms with Gasteiger partial charge >= 0.3 is 10.2 Å². The van der Waals surface area contributed by atoms with E-state index in [1.54, 1.807) is 6.07 Å². The molecule has 184 valence electrons. The van der Waals surface area contributed by atoms with Crippen LogP contribution >= 0.6 is 11.3 Å². The molecular formula is C24H31N3O5S2. The van der Waals surface area contributed by atoms with E-state index in [2.05, 4.69) is 22.2 Å². The van der Waals surface area contributed by atoms with Crippen molar-refractivity contribution >= 4 is 37.3 Å². The van der Waals surface area contributed by atoms with Crippen molar-refractivity contribution < 1.29 is 23.4 Å². The van der Waals surface area contributed by atoms with Crippen molar-refractivity contribution in [3.05, 3.63) is 52.4 Å². The first-order valence-electron chi connectivity index (χ1n) is 11.3. The van der Waals surface area contributed by atoms with Gasteiger partial charge in [0.1, 0.15) is 18.1 Å². The molecule has 0 amide bonds. The molecule has 1 aromatic heterocycles. The molecule has 0 saturated carbocycles. The van der Waals surface area contributed by atoms with Gasteiger partial charge in [-0.25, -0.2) is 0 Å². The highest BCUT2D eigenvalue weighted by atomic mass is 32.2. The second kappa shape index (κ2) is 10.5. The lowest BCUT2D eigenvalue weighted by molar-refractivity contribution is 0.172. The zero-order valence-electron chi connectivity index (χ0n) is 19.4. The third-order valence-corrected chi connectivity index (χ3v) is 8.63. The van der Waals surface area contributed by atoms with Crippen LogP contribution in [0, 0.1) is 0 Å². The van der Waals surface area contributed by atoms with Gasteiger partial charge in [-0.15, -0.1) is 11.3 Å². The molecule has 34 heavy (non-hydrogen) atoms. The Morgan fingerprint density at radius 1 is 1.15 bits per heavy atom. The topological polar surface area (TPSA) is 111 Å². The molecule has 3 aromatic rings. The van der Waals surface area contributed by atoms with Gasteiger partial charge in [-0.3, -0.25) is 4.72 Å². The van der Waals surface area contributed by atoms with Gasteiger partial charge < -0.3 is 20.3 Å². The van der Waals surface area contributed by atoms with Crippen molar-refractivity contribution in [1.29, 1.82) is 0 Å². The molecule has 4 rings (SSSR count). The molecule has 2 aromatic carbocycles. The number of phenolic OH excluding ortho intramolecular Hbond substituents is 1. The Morgan fingerprint density at radius 3 is 2.74 bits per heavy atom. The highest BCUT2D eigenvalue weighted by Crippen LogP contribution is 2.38. The normalized spacial score (nSPS) is 14.8. The summed E-state index contributed by atoms with van der Waals surface area (Å²) in [6, 6.07) is 10.6. The van der Waals surface area contributed by atoms with E-state index in [9.17, 15) is 18.6 Å². The van der Waals surface area contributed by atoms with Gasteiger partial charge in [0.2, 0.25) is 0 Å². The fourth-order valence-corrected chi connectivity index (χ4v) is 5.95. The number of aliphatic hydroxyl groups is 1. The minimum absolute atomic E-state index is 0.0132. The SMILES string of the molecule is CN(C)S(=O)(=O)Nc1cc(C(O)CNCCOc2ccc3c4c(sc3c2)CCCC4)ccc1O. The third kappa shape index (κ3) is 5.64. The van der Waals surface area contributed by atoms with E-state index in [4.69, 9.17) is 4.74 Å². The van der Waals surface area contributed by atoms with Gasteiger partial charge in [-0.2, -0.15) is 12.7 Å². The van der Waals surface area contributed by atoms with E-state index in [1.807, 2.05) is 17.4 Å². The molecule has 1 atom stereocenters. The molecule has 0 aliphatic heterocycles. The summed E-state index contributed by atoms with van der Waals surface area (Å²) in [5.74, 6) is 0.621. The number of hydrogen-bond donors (Lipinski definition) is 4. The number of hydrogen-bond acceptors (Lipinski definition) is 7. The van der Waals surface area contributed by atoms with Gasteiger partial charge in [-0.1, -0.05) is 6.07 Å². The number of anilines is 1. The minimum Gasteiger partial charge on any atom is -0.506 e. The Morgan fingerprint density at radius 2 is 1.94 bits per heavy atom. The van der Waals surface area contributed by atoms with Crippen LogP contribution in [0.5, 0.6) is 11.5 Å². The van der Waals surface area contributed by atoms with Crippen molar-refractivity contribution in [3.63, 3.8) is 0 Å². The molecule has 0 fully saturated rings. The number of rotatable bonds is 10. The summed E-state index contributed by atoms with van der Waals surface area (Å²) in [6.45, 7) is 1.24. The van der Waals surface area contributed by atoms with Gasteiger partial charge in [0.25, 0.3) is 0 Å². The number of aryl methyl sites for hydroxylation is 2. The molecule has 4 N–H and O–H groups in total. The van der Waals surface area contributed by atoms with E-state index in [-0.39, 0.29) is 18.0 Å². The predicted molar refractivity (Wildman–Crippen MR) is 136 cm³/mol. The van der Waals surface area contributed by atoms with E-state index < -0.39 is 16.3 Å². The number of ether oxygens (including phenoxy) is 1. The van der Waals surface area contributed by atoms with Gasteiger partial charge in [-0.05, 0) is 72.5 Å². The first-order valence-corrected chi connectivity index (χ1v) is 13.6. The maximum Gasteiger partial charge on any atom is 0.301 e. The van der Waals surface area contributed by atoms with Gasteiger partial charge in [0.15, 0.2) is 0 Å². The van der Waals surface area contributed by atoms with Crippen LogP contribution in [0.3, 0.4) is 0 Å². The average Bonchev–Trinajstić information content (AvgIpc) is 3.17. The maximum atomic E-state index is 12.0.